The van der Waals surface area contributed by atoms with Gasteiger partial charge >= 0.3 is 12.1 Å². The van der Waals surface area contributed by atoms with Gasteiger partial charge in [0, 0.05) is 12.0 Å². The lowest BCUT2D eigenvalue weighted by Crippen LogP contribution is -2.15. The van der Waals surface area contributed by atoms with E-state index in [1.807, 2.05) is 25.1 Å². The summed E-state index contributed by atoms with van der Waals surface area (Å²) in [4.78, 5) is 24.3. The number of hydrogen-bond acceptors (Lipinski definition) is 4. The number of alkyl halides is 3. The molecule has 0 aliphatic heterocycles. The zero-order valence-corrected chi connectivity index (χ0v) is 19.9. The predicted octanol–water partition coefficient (Wildman–Crippen LogP) is 6.75. The average Bonchev–Trinajstić information content (AvgIpc) is 2.82. The quantitative estimate of drug-likeness (QED) is 0.249. The van der Waals surface area contributed by atoms with Gasteiger partial charge in [-0.3, -0.25) is 4.79 Å². The van der Waals surface area contributed by atoms with E-state index in [9.17, 15) is 22.8 Å². The first kappa shape index (κ1) is 26.0. The highest BCUT2D eigenvalue weighted by Gasteiger charge is 2.30. The molecule has 7 heteroatoms. The summed E-state index contributed by atoms with van der Waals surface area (Å²) in [6, 6.07) is 15.8. The molecule has 0 radical (unpaired) electrons. The van der Waals surface area contributed by atoms with E-state index in [2.05, 4.69) is 0 Å². The fourth-order valence-electron chi connectivity index (χ4n) is 3.69. The molecule has 0 saturated heterocycles. The predicted molar refractivity (Wildman–Crippen MR) is 128 cm³/mol. The second kappa shape index (κ2) is 11.2. The number of ether oxygens (including phenoxy) is 2. The number of carbonyl (C=O) groups is 2. The molecule has 0 amide bonds. The summed E-state index contributed by atoms with van der Waals surface area (Å²) in [6.07, 6.45) is -3.60. The standard InChI is InChI=1S/C28H27F3O4/c1-4-34-27(33)17-35-26-14-10-23(15-19(26)3)25(32)13-9-21-16-22(6-5-18(21)2)20-7-11-24(12-8-20)28(29,30)31/h5-8,10-12,14-16H,4,9,13,17H2,1-3H3. The van der Waals surface area contributed by atoms with Crippen LogP contribution in [0.1, 0.15) is 46.0 Å². The van der Waals surface area contributed by atoms with Gasteiger partial charge in [-0.05, 0) is 85.3 Å². The van der Waals surface area contributed by atoms with Gasteiger partial charge in [-0.25, -0.2) is 4.79 Å². The molecule has 0 aliphatic carbocycles. The van der Waals surface area contributed by atoms with Gasteiger partial charge in [0.15, 0.2) is 12.4 Å². The van der Waals surface area contributed by atoms with Gasteiger partial charge in [0.2, 0.25) is 0 Å². The first-order chi connectivity index (χ1) is 16.6. The number of halogens is 3. The Balaban J connectivity index is 1.66. The van der Waals surface area contributed by atoms with E-state index in [1.165, 1.54) is 12.1 Å². The number of benzene rings is 3. The second-order valence-electron chi connectivity index (χ2n) is 8.21. The molecule has 0 bridgehead atoms. The van der Waals surface area contributed by atoms with E-state index in [1.54, 1.807) is 32.0 Å². The van der Waals surface area contributed by atoms with Gasteiger partial charge in [-0.1, -0.05) is 30.3 Å². The van der Waals surface area contributed by atoms with Crippen LogP contribution >= 0.6 is 0 Å². The van der Waals surface area contributed by atoms with Crippen molar-refractivity contribution in [2.45, 2.75) is 39.8 Å². The van der Waals surface area contributed by atoms with Crippen molar-refractivity contribution in [3.63, 3.8) is 0 Å². The Morgan fingerprint density at radius 3 is 2.17 bits per heavy atom. The van der Waals surface area contributed by atoms with Crippen molar-refractivity contribution in [2.24, 2.45) is 0 Å². The molecule has 184 valence electrons. The molecule has 0 atom stereocenters. The molecular weight excluding hydrogens is 457 g/mol. The van der Waals surface area contributed by atoms with Crippen molar-refractivity contribution < 1.29 is 32.2 Å². The van der Waals surface area contributed by atoms with E-state index in [0.717, 1.165) is 34.4 Å². The molecule has 0 saturated carbocycles. The Labute approximate surface area is 202 Å². The summed E-state index contributed by atoms with van der Waals surface area (Å²) in [5.74, 6) is 0.0139. The first-order valence-corrected chi connectivity index (χ1v) is 11.3. The maximum absolute atomic E-state index is 12.8. The summed E-state index contributed by atoms with van der Waals surface area (Å²) in [5.41, 5.74) is 4.04. The zero-order chi connectivity index (χ0) is 25.6. The zero-order valence-electron chi connectivity index (χ0n) is 19.9. The number of ketones is 1. The minimum atomic E-state index is -4.37. The third kappa shape index (κ3) is 6.94. The van der Waals surface area contributed by atoms with Gasteiger partial charge in [-0.2, -0.15) is 13.2 Å². The molecule has 35 heavy (non-hydrogen) atoms. The number of Topliss-reactive ketones (excluding diaryl/α,β-unsaturated/α-hetero) is 1. The van der Waals surface area contributed by atoms with Crippen LogP contribution in [0, 0.1) is 13.8 Å². The number of hydrogen-bond donors (Lipinski definition) is 0. The maximum Gasteiger partial charge on any atom is 0.416 e. The smallest absolute Gasteiger partial charge is 0.416 e. The Hall–Kier alpha value is -3.61. The lowest BCUT2D eigenvalue weighted by molar-refractivity contribution is -0.145. The Kier molecular flexibility index (Phi) is 8.33. The Morgan fingerprint density at radius 1 is 0.857 bits per heavy atom. The molecule has 0 unspecified atom stereocenters. The van der Waals surface area contributed by atoms with E-state index in [-0.39, 0.29) is 25.4 Å². The van der Waals surface area contributed by atoms with Crippen molar-refractivity contribution in [3.05, 3.63) is 88.5 Å². The van der Waals surface area contributed by atoms with Gasteiger partial charge in [0.05, 0.1) is 12.2 Å². The third-order valence-corrected chi connectivity index (χ3v) is 5.66. The third-order valence-electron chi connectivity index (χ3n) is 5.66. The summed E-state index contributed by atoms with van der Waals surface area (Å²) >= 11 is 0. The Morgan fingerprint density at radius 2 is 1.54 bits per heavy atom. The summed E-state index contributed by atoms with van der Waals surface area (Å²) in [6.45, 7) is 5.54. The molecule has 0 heterocycles. The SMILES string of the molecule is CCOC(=O)COc1ccc(C(=O)CCc2cc(-c3ccc(C(F)(F)F)cc3)ccc2C)cc1C. The highest BCUT2D eigenvalue weighted by atomic mass is 19.4. The molecule has 0 spiro atoms. The molecule has 3 rings (SSSR count). The number of carbonyl (C=O) groups excluding carboxylic acids is 2. The van der Waals surface area contributed by atoms with Crippen molar-refractivity contribution in [2.75, 3.05) is 13.2 Å². The van der Waals surface area contributed by atoms with Gasteiger partial charge in [0.1, 0.15) is 5.75 Å². The van der Waals surface area contributed by atoms with Crippen LogP contribution in [-0.2, 0) is 22.1 Å². The molecule has 0 N–H and O–H groups in total. The molecule has 0 fully saturated rings. The lowest BCUT2D eigenvalue weighted by atomic mass is 9.94. The van der Waals surface area contributed by atoms with E-state index >= 15 is 0 Å². The number of rotatable bonds is 9. The van der Waals surface area contributed by atoms with Gasteiger partial charge in [-0.15, -0.1) is 0 Å². The summed E-state index contributed by atoms with van der Waals surface area (Å²) in [7, 11) is 0. The molecular formula is C28H27F3O4. The minimum Gasteiger partial charge on any atom is -0.482 e. The van der Waals surface area contributed by atoms with Crippen LogP contribution in [0.2, 0.25) is 0 Å². The van der Waals surface area contributed by atoms with Gasteiger partial charge in [0.25, 0.3) is 0 Å². The molecule has 0 aliphatic rings. The highest BCUT2D eigenvalue weighted by molar-refractivity contribution is 5.96. The lowest BCUT2D eigenvalue weighted by Gasteiger charge is -2.12. The average molecular weight is 485 g/mol. The van der Waals surface area contributed by atoms with Crippen molar-refractivity contribution >= 4 is 11.8 Å². The van der Waals surface area contributed by atoms with Crippen LogP contribution in [0.4, 0.5) is 13.2 Å². The largest absolute Gasteiger partial charge is 0.482 e. The fourth-order valence-corrected chi connectivity index (χ4v) is 3.69. The van der Waals surface area contributed by atoms with Crippen LogP contribution in [-0.4, -0.2) is 25.0 Å². The first-order valence-electron chi connectivity index (χ1n) is 11.3. The molecule has 4 nitrogen and oxygen atoms in total. The van der Waals surface area contributed by atoms with Crippen molar-refractivity contribution in [3.8, 4) is 16.9 Å². The van der Waals surface area contributed by atoms with E-state index < -0.39 is 17.7 Å². The Bertz CT molecular complexity index is 1200. The van der Waals surface area contributed by atoms with Crippen molar-refractivity contribution in [1.82, 2.24) is 0 Å². The van der Waals surface area contributed by atoms with Gasteiger partial charge < -0.3 is 9.47 Å². The number of esters is 1. The summed E-state index contributed by atoms with van der Waals surface area (Å²) < 4.78 is 48.8. The molecule has 3 aromatic carbocycles. The highest BCUT2D eigenvalue weighted by Crippen LogP contribution is 2.31. The molecule has 3 aromatic rings. The number of aryl methyl sites for hydroxylation is 3. The van der Waals surface area contributed by atoms with Crippen molar-refractivity contribution in [1.29, 1.82) is 0 Å². The second-order valence-corrected chi connectivity index (χ2v) is 8.21. The van der Waals surface area contributed by atoms with Crippen LogP contribution < -0.4 is 4.74 Å². The summed E-state index contributed by atoms with van der Waals surface area (Å²) in [5, 5.41) is 0. The van der Waals surface area contributed by atoms with E-state index in [4.69, 9.17) is 9.47 Å². The minimum absolute atomic E-state index is 0.0376. The van der Waals surface area contributed by atoms with Crippen LogP contribution in [0.3, 0.4) is 0 Å². The van der Waals surface area contributed by atoms with E-state index in [0.29, 0.717) is 23.3 Å². The maximum atomic E-state index is 12.8. The topological polar surface area (TPSA) is 52.6 Å². The normalized spacial score (nSPS) is 11.3. The van der Waals surface area contributed by atoms with Crippen LogP contribution in [0.25, 0.3) is 11.1 Å². The van der Waals surface area contributed by atoms with Crippen LogP contribution in [0.5, 0.6) is 5.75 Å². The fraction of sp³-hybridized carbons (Fsp3) is 0.286. The molecule has 0 aromatic heterocycles. The monoisotopic (exact) mass is 484 g/mol. The van der Waals surface area contributed by atoms with Crippen LogP contribution in [0.15, 0.2) is 60.7 Å².